The largest absolute Gasteiger partial charge is 0.486 e. The first kappa shape index (κ1) is 20.3. The summed E-state index contributed by atoms with van der Waals surface area (Å²) in [7, 11) is 0. The lowest BCUT2D eigenvalue weighted by atomic mass is 10.2. The number of aromatic nitrogens is 1. The van der Waals surface area contributed by atoms with Gasteiger partial charge in [0.15, 0.2) is 16.6 Å². The number of benzene rings is 2. The normalized spacial score (nSPS) is 12.2. The van der Waals surface area contributed by atoms with Gasteiger partial charge in [0, 0.05) is 29.4 Å². The summed E-state index contributed by atoms with van der Waals surface area (Å²) in [5.74, 6) is 0.320. The Balaban J connectivity index is 1.45. The Bertz CT molecular complexity index is 1170. The van der Waals surface area contributed by atoms with Gasteiger partial charge in [-0.25, -0.2) is 4.98 Å². The van der Waals surface area contributed by atoms with E-state index in [2.05, 4.69) is 15.6 Å². The average Bonchev–Trinajstić information content (AvgIpc) is 3.13. The van der Waals surface area contributed by atoms with Crippen molar-refractivity contribution in [2.75, 3.05) is 23.8 Å². The molecule has 1 aliphatic rings. The highest BCUT2D eigenvalue weighted by molar-refractivity contribution is 7.17. The summed E-state index contributed by atoms with van der Waals surface area (Å²) in [6.45, 7) is 2.58. The van der Waals surface area contributed by atoms with Gasteiger partial charge in [0.1, 0.15) is 18.1 Å². The first-order valence-electron chi connectivity index (χ1n) is 9.15. The minimum Gasteiger partial charge on any atom is -0.486 e. The van der Waals surface area contributed by atoms with Crippen molar-refractivity contribution in [3.63, 3.8) is 0 Å². The van der Waals surface area contributed by atoms with Gasteiger partial charge in [-0.15, -0.1) is 0 Å². The van der Waals surface area contributed by atoms with Crippen molar-refractivity contribution in [3.05, 3.63) is 68.7 Å². The zero-order chi connectivity index (χ0) is 22.0. The summed E-state index contributed by atoms with van der Waals surface area (Å²) in [6, 6.07) is 10.3. The van der Waals surface area contributed by atoms with Crippen LogP contribution in [-0.2, 0) is 0 Å². The van der Waals surface area contributed by atoms with Gasteiger partial charge in [0.05, 0.1) is 10.6 Å². The standard InChI is InChI=1S/C20H16N4O6S/c1-11-17(19(26)22-13-4-7-15-16(10-13)30-9-8-29-15)31-20(21-11)23-18(25)12-2-5-14(6-3-12)24(27)28/h2-7,10H,8-9H2,1H3,(H,22,26)(H,21,23,25). The van der Waals surface area contributed by atoms with Crippen molar-refractivity contribution in [1.29, 1.82) is 0 Å². The number of aryl methyl sites for hydroxylation is 1. The van der Waals surface area contributed by atoms with Crippen LogP contribution < -0.4 is 20.1 Å². The lowest BCUT2D eigenvalue weighted by Gasteiger charge is -2.18. The summed E-state index contributed by atoms with van der Waals surface area (Å²) >= 11 is 1.03. The first-order chi connectivity index (χ1) is 14.9. The summed E-state index contributed by atoms with van der Waals surface area (Å²) in [5, 5.41) is 16.4. The van der Waals surface area contributed by atoms with Crippen LogP contribution >= 0.6 is 11.3 Å². The van der Waals surface area contributed by atoms with Gasteiger partial charge in [-0.3, -0.25) is 25.0 Å². The number of nitrogens with zero attached hydrogens (tertiary/aromatic N) is 2. The van der Waals surface area contributed by atoms with Gasteiger partial charge in [0.2, 0.25) is 0 Å². The maximum Gasteiger partial charge on any atom is 0.269 e. The van der Waals surface area contributed by atoms with Crippen molar-refractivity contribution in [2.45, 2.75) is 6.92 Å². The van der Waals surface area contributed by atoms with Crippen molar-refractivity contribution in [1.82, 2.24) is 4.98 Å². The zero-order valence-corrected chi connectivity index (χ0v) is 17.0. The van der Waals surface area contributed by atoms with Crippen molar-refractivity contribution in [3.8, 4) is 11.5 Å². The molecule has 0 unspecified atom stereocenters. The molecule has 0 aliphatic carbocycles. The number of hydrogen-bond acceptors (Lipinski definition) is 8. The van der Waals surface area contributed by atoms with Crippen LogP contribution in [0.25, 0.3) is 0 Å². The first-order valence-corrected chi connectivity index (χ1v) is 9.96. The molecule has 158 valence electrons. The summed E-state index contributed by atoms with van der Waals surface area (Å²) in [6.07, 6.45) is 0. The van der Waals surface area contributed by atoms with Crippen molar-refractivity contribution >= 4 is 39.7 Å². The minimum absolute atomic E-state index is 0.111. The number of thiazole rings is 1. The van der Waals surface area contributed by atoms with E-state index in [-0.39, 0.29) is 22.3 Å². The molecule has 31 heavy (non-hydrogen) atoms. The monoisotopic (exact) mass is 440 g/mol. The van der Waals surface area contributed by atoms with Gasteiger partial charge in [-0.05, 0) is 31.2 Å². The van der Waals surface area contributed by atoms with Crippen molar-refractivity contribution < 1.29 is 24.0 Å². The molecule has 4 rings (SSSR count). The van der Waals surface area contributed by atoms with Gasteiger partial charge < -0.3 is 14.8 Å². The van der Waals surface area contributed by atoms with E-state index in [1.807, 2.05) is 0 Å². The van der Waals surface area contributed by atoms with Crippen LogP contribution in [-0.4, -0.2) is 34.9 Å². The predicted octanol–water partition coefficient (Wildman–Crippen LogP) is 3.64. The van der Waals surface area contributed by atoms with Crippen LogP contribution in [0.1, 0.15) is 25.7 Å². The Morgan fingerprint density at radius 2 is 1.74 bits per heavy atom. The molecule has 10 nitrogen and oxygen atoms in total. The number of carbonyl (C=O) groups excluding carboxylic acids is 2. The third-order valence-electron chi connectivity index (χ3n) is 4.36. The molecule has 0 spiro atoms. The lowest BCUT2D eigenvalue weighted by Crippen LogP contribution is -2.16. The number of nitro groups is 1. The smallest absolute Gasteiger partial charge is 0.269 e. The molecule has 0 bridgehead atoms. The molecule has 0 saturated heterocycles. The Morgan fingerprint density at radius 1 is 1.03 bits per heavy atom. The van der Waals surface area contributed by atoms with E-state index >= 15 is 0 Å². The maximum absolute atomic E-state index is 12.7. The van der Waals surface area contributed by atoms with E-state index in [4.69, 9.17) is 9.47 Å². The molecule has 0 fully saturated rings. The quantitative estimate of drug-likeness (QED) is 0.457. The van der Waals surface area contributed by atoms with E-state index in [9.17, 15) is 19.7 Å². The van der Waals surface area contributed by atoms with Crippen LogP contribution in [0.4, 0.5) is 16.5 Å². The molecule has 0 saturated carbocycles. The molecule has 11 heteroatoms. The van der Waals surface area contributed by atoms with E-state index in [0.29, 0.717) is 41.0 Å². The second-order valence-electron chi connectivity index (χ2n) is 6.50. The second-order valence-corrected chi connectivity index (χ2v) is 7.50. The summed E-state index contributed by atoms with van der Waals surface area (Å²) in [4.78, 5) is 39.8. The Kier molecular flexibility index (Phi) is 5.50. The van der Waals surface area contributed by atoms with Gasteiger partial charge in [0.25, 0.3) is 17.5 Å². The Hall–Kier alpha value is -3.99. The molecule has 3 aromatic rings. The number of fused-ring (bicyclic) bond motifs is 1. The number of carbonyl (C=O) groups is 2. The number of non-ortho nitro benzene ring substituents is 1. The highest BCUT2D eigenvalue weighted by atomic mass is 32.1. The fourth-order valence-corrected chi connectivity index (χ4v) is 3.73. The molecular formula is C20H16N4O6S. The topological polar surface area (TPSA) is 133 Å². The molecular weight excluding hydrogens is 424 g/mol. The maximum atomic E-state index is 12.7. The molecule has 2 amide bonds. The number of rotatable bonds is 5. The number of hydrogen-bond donors (Lipinski definition) is 2. The van der Waals surface area contributed by atoms with Crippen molar-refractivity contribution in [2.24, 2.45) is 0 Å². The second kappa shape index (κ2) is 8.40. The fourth-order valence-electron chi connectivity index (χ4n) is 2.87. The van der Waals surface area contributed by atoms with E-state index < -0.39 is 10.8 Å². The lowest BCUT2D eigenvalue weighted by molar-refractivity contribution is -0.384. The van der Waals surface area contributed by atoms with Crippen LogP contribution in [0.3, 0.4) is 0 Å². The molecule has 0 atom stereocenters. The van der Waals surface area contributed by atoms with Gasteiger partial charge in [-0.1, -0.05) is 11.3 Å². The molecule has 2 heterocycles. The summed E-state index contributed by atoms with van der Waals surface area (Å²) < 4.78 is 11.0. The third-order valence-corrected chi connectivity index (χ3v) is 5.44. The van der Waals surface area contributed by atoms with E-state index in [0.717, 1.165) is 11.3 Å². The SMILES string of the molecule is Cc1nc(NC(=O)c2ccc([N+](=O)[O-])cc2)sc1C(=O)Nc1ccc2c(c1)OCCO2. The molecule has 2 N–H and O–H groups in total. The predicted molar refractivity (Wildman–Crippen MR) is 113 cm³/mol. The average molecular weight is 440 g/mol. The third kappa shape index (κ3) is 4.46. The number of nitro benzene ring substituents is 1. The van der Waals surface area contributed by atoms with Crippen LogP contribution in [0.15, 0.2) is 42.5 Å². The molecule has 1 aromatic heterocycles. The van der Waals surface area contributed by atoms with Crippen LogP contribution in [0.5, 0.6) is 11.5 Å². The highest BCUT2D eigenvalue weighted by Crippen LogP contribution is 2.33. The molecule has 1 aliphatic heterocycles. The highest BCUT2D eigenvalue weighted by Gasteiger charge is 2.19. The Labute approximate surface area is 180 Å². The number of anilines is 2. The van der Waals surface area contributed by atoms with E-state index in [1.165, 1.54) is 24.3 Å². The van der Waals surface area contributed by atoms with E-state index in [1.54, 1.807) is 25.1 Å². The van der Waals surface area contributed by atoms with Crippen LogP contribution in [0.2, 0.25) is 0 Å². The van der Waals surface area contributed by atoms with Gasteiger partial charge in [-0.2, -0.15) is 0 Å². The minimum atomic E-state index is -0.543. The molecule has 2 aromatic carbocycles. The zero-order valence-electron chi connectivity index (χ0n) is 16.2. The fraction of sp³-hybridized carbons (Fsp3) is 0.150. The number of ether oxygens (including phenoxy) is 2. The Morgan fingerprint density at radius 3 is 2.45 bits per heavy atom. The van der Waals surface area contributed by atoms with Crippen LogP contribution in [0, 0.1) is 17.0 Å². The summed E-state index contributed by atoms with van der Waals surface area (Å²) in [5.41, 5.74) is 1.12. The van der Waals surface area contributed by atoms with Gasteiger partial charge >= 0.3 is 0 Å². The number of amides is 2. The molecule has 0 radical (unpaired) electrons. The number of nitrogens with one attached hydrogen (secondary N) is 2.